The molecule has 0 aliphatic rings. The highest BCUT2D eigenvalue weighted by Crippen LogP contribution is 2.25. The molecule has 128 valence electrons. The first-order chi connectivity index (χ1) is 11.5. The van der Waals surface area contributed by atoms with E-state index in [-0.39, 0.29) is 18.8 Å². The van der Waals surface area contributed by atoms with Gasteiger partial charge in [-0.15, -0.1) is 0 Å². The molecule has 5 nitrogen and oxygen atoms in total. The fourth-order valence-corrected chi connectivity index (χ4v) is 2.28. The highest BCUT2D eigenvalue weighted by Gasteiger charge is 2.40. The zero-order valence-corrected chi connectivity index (χ0v) is 13.8. The lowest BCUT2D eigenvalue weighted by molar-refractivity contribution is -0.0780. The van der Waals surface area contributed by atoms with E-state index < -0.39 is 17.5 Å². The molecule has 2 N–H and O–H groups in total. The van der Waals surface area contributed by atoms with E-state index in [4.69, 9.17) is 9.47 Å². The number of hydrogen-bond acceptors (Lipinski definition) is 5. The summed E-state index contributed by atoms with van der Waals surface area (Å²) in [5.41, 5.74) is -0.821. The Kier molecular flexibility index (Phi) is 6.09. The second kappa shape index (κ2) is 8.06. The number of carbonyl (C=O) groups excluding carboxylic acids is 1. The van der Waals surface area contributed by atoms with Crippen molar-refractivity contribution in [1.82, 2.24) is 0 Å². The second-order valence-corrected chi connectivity index (χ2v) is 5.69. The van der Waals surface area contributed by atoms with Gasteiger partial charge in [-0.25, -0.2) is 0 Å². The Balaban J connectivity index is 2.01. The lowest BCUT2D eigenvalue weighted by Gasteiger charge is -2.28. The van der Waals surface area contributed by atoms with Crippen LogP contribution in [0.2, 0.25) is 0 Å². The minimum absolute atomic E-state index is 0.164. The minimum atomic E-state index is -1.98. The molecule has 0 aliphatic carbocycles. The van der Waals surface area contributed by atoms with Crippen LogP contribution in [0.5, 0.6) is 5.75 Å². The summed E-state index contributed by atoms with van der Waals surface area (Å²) in [6, 6.07) is 16.0. The van der Waals surface area contributed by atoms with Crippen molar-refractivity contribution in [3.8, 4) is 5.75 Å². The molecule has 2 atom stereocenters. The van der Waals surface area contributed by atoms with Crippen LogP contribution in [0.3, 0.4) is 0 Å². The van der Waals surface area contributed by atoms with Gasteiger partial charge in [0.15, 0.2) is 5.60 Å². The van der Waals surface area contributed by atoms with Crippen LogP contribution in [-0.2, 0) is 11.3 Å². The maximum atomic E-state index is 12.6. The van der Waals surface area contributed by atoms with E-state index in [1.54, 1.807) is 24.3 Å². The molecular weight excluding hydrogens is 308 g/mol. The van der Waals surface area contributed by atoms with Gasteiger partial charge in [0.05, 0.1) is 25.9 Å². The molecule has 2 aromatic carbocycles. The molecule has 0 saturated heterocycles. The molecule has 0 bridgehead atoms. The Morgan fingerprint density at radius 2 is 1.75 bits per heavy atom. The summed E-state index contributed by atoms with van der Waals surface area (Å²) >= 11 is 0. The van der Waals surface area contributed by atoms with Crippen LogP contribution in [0.1, 0.15) is 22.8 Å². The number of benzene rings is 2. The van der Waals surface area contributed by atoms with Crippen molar-refractivity contribution in [2.45, 2.75) is 25.2 Å². The van der Waals surface area contributed by atoms with Crippen LogP contribution >= 0.6 is 0 Å². The molecule has 0 amide bonds. The fraction of sp³-hybridized carbons (Fsp3) is 0.316. The first kappa shape index (κ1) is 18.1. The fourth-order valence-electron chi connectivity index (χ4n) is 2.28. The van der Waals surface area contributed by atoms with E-state index in [9.17, 15) is 15.0 Å². The zero-order valence-electron chi connectivity index (χ0n) is 13.8. The van der Waals surface area contributed by atoms with Crippen LogP contribution in [0.4, 0.5) is 0 Å². The molecule has 0 aliphatic heterocycles. The van der Waals surface area contributed by atoms with Gasteiger partial charge in [-0.2, -0.15) is 0 Å². The number of ketones is 1. The van der Waals surface area contributed by atoms with E-state index in [0.29, 0.717) is 5.75 Å². The third-order valence-electron chi connectivity index (χ3n) is 3.85. The van der Waals surface area contributed by atoms with Crippen molar-refractivity contribution in [3.63, 3.8) is 0 Å². The number of aliphatic hydroxyl groups excluding tert-OH is 1. The largest absolute Gasteiger partial charge is 0.496 e. The van der Waals surface area contributed by atoms with Gasteiger partial charge < -0.3 is 19.7 Å². The molecule has 5 heteroatoms. The normalized spacial score (nSPS) is 14.7. The van der Waals surface area contributed by atoms with Gasteiger partial charge >= 0.3 is 0 Å². The highest BCUT2D eigenvalue weighted by atomic mass is 16.5. The number of carbonyl (C=O) groups is 1. The summed E-state index contributed by atoms with van der Waals surface area (Å²) in [5, 5.41) is 20.7. The van der Waals surface area contributed by atoms with Crippen LogP contribution in [0, 0.1) is 0 Å². The van der Waals surface area contributed by atoms with E-state index in [0.717, 1.165) is 5.56 Å². The van der Waals surface area contributed by atoms with Crippen LogP contribution in [0.15, 0.2) is 54.6 Å². The maximum Gasteiger partial charge on any atom is 0.200 e. The average Bonchev–Trinajstić information content (AvgIpc) is 2.61. The Hall–Kier alpha value is -2.21. The summed E-state index contributed by atoms with van der Waals surface area (Å²) in [6.45, 7) is 1.40. The van der Waals surface area contributed by atoms with Crippen molar-refractivity contribution in [3.05, 3.63) is 65.7 Å². The molecule has 24 heavy (non-hydrogen) atoms. The van der Waals surface area contributed by atoms with Gasteiger partial charge in [0.25, 0.3) is 0 Å². The molecule has 0 aromatic heterocycles. The minimum Gasteiger partial charge on any atom is -0.496 e. The number of ether oxygens (including phenoxy) is 2. The maximum absolute atomic E-state index is 12.6. The third kappa shape index (κ3) is 4.20. The highest BCUT2D eigenvalue weighted by molar-refractivity contribution is 6.04. The molecule has 0 fully saturated rings. The molecule has 2 aromatic rings. The van der Waals surface area contributed by atoms with Gasteiger partial charge in [0.2, 0.25) is 5.78 Å². The van der Waals surface area contributed by atoms with Crippen LogP contribution in [-0.4, -0.2) is 41.4 Å². The van der Waals surface area contributed by atoms with Crippen LogP contribution < -0.4 is 4.74 Å². The summed E-state index contributed by atoms with van der Waals surface area (Å²) in [5.74, 6) is -0.268. The number of methoxy groups -OCH3 is 1. The van der Waals surface area contributed by atoms with Crippen molar-refractivity contribution in [2.75, 3.05) is 13.7 Å². The number of aliphatic hydroxyl groups is 2. The predicted octanol–water partition coefficient (Wildman–Crippen LogP) is 2.21. The molecule has 0 saturated carbocycles. The number of para-hydroxylation sites is 1. The monoisotopic (exact) mass is 330 g/mol. The molecule has 2 rings (SSSR count). The molecule has 0 radical (unpaired) electrons. The Morgan fingerprint density at radius 1 is 1.12 bits per heavy atom. The van der Waals surface area contributed by atoms with E-state index in [2.05, 4.69) is 0 Å². The molecular formula is C19H22O5. The standard InChI is InChI=1S/C19H22O5/c1-19(22,18(21)15-10-6-7-11-16(15)23-2)17(20)13-24-12-14-8-4-3-5-9-14/h3-11,17,20,22H,12-13H2,1-2H3/t17-,19-/m1/s1. The summed E-state index contributed by atoms with van der Waals surface area (Å²) in [7, 11) is 1.44. The number of Topliss-reactive ketones (excluding diaryl/α,β-unsaturated/α-hetero) is 1. The van der Waals surface area contributed by atoms with Crippen molar-refractivity contribution >= 4 is 5.78 Å². The quantitative estimate of drug-likeness (QED) is 0.726. The van der Waals surface area contributed by atoms with E-state index >= 15 is 0 Å². The van der Waals surface area contributed by atoms with Crippen molar-refractivity contribution < 1.29 is 24.5 Å². The first-order valence-corrected chi connectivity index (χ1v) is 7.66. The predicted molar refractivity (Wildman–Crippen MR) is 90.1 cm³/mol. The van der Waals surface area contributed by atoms with Crippen molar-refractivity contribution in [1.29, 1.82) is 0 Å². The Morgan fingerprint density at radius 3 is 2.42 bits per heavy atom. The van der Waals surface area contributed by atoms with E-state index in [1.165, 1.54) is 14.0 Å². The Bertz CT molecular complexity index is 666. The average molecular weight is 330 g/mol. The summed E-state index contributed by atoms with van der Waals surface area (Å²) in [4.78, 5) is 12.6. The summed E-state index contributed by atoms with van der Waals surface area (Å²) < 4.78 is 10.6. The second-order valence-electron chi connectivity index (χ2n) is 5.69. The van der Waals surface area contributed by atoms with Gasteiger partial charge in [-0.3, -0.25) is 4.79 Å². The van der Waals surface area contributed by atoms with Crippen LogP contribution in [0.25, 0.3) is 0 Å². The molecule has 0 heterocycles. The van der Waals surface area contributed by atoms with Gasteiger partial charge in [-0.05, 0) is 24.6 Å². The smallest absolute Gasteiger partial charge is 0.200 e. The lowest BCUT2D eigenvalue weighted by Crippen LogP contribution is -2.49. The zero-order chi connectivity index (χ0) is 17.6. The Labute approximate surface area is 141 Å². The van der Waals surface area contributed by atoms with Crippen molar-refractivity contribution in [2.24, 2.45) is 0 Å². The topological polar surface area (TPSA) is 76.0 Å². The third-order valence-corrected chi connectivity index (χ3v) is 3.85. The lowest BCUT2D eigenvalue weighted by atomic mass is 9.89. The molecule has 0 unspecified atom stereocenters. The van der Waals surface area contributed by atoms with Gasteiger partial charge in [0, 0.05) is 0 Å². The van der Waals surface area contributed by atoms with E-state index in [1.807, 2.05) is 30.3 Å². The molecule has 0 spiro atoms. The number of rotatable bonds is 8. The first-order valence-electron chi connectivity index (χ1n) is 7.66. The van der Waals surface area contributed by atoms with Gasteiger partial charge in [0.1, 0.15) is 11.9 Å². The summed E-state index contributed by atoms with van der Waals surface area (Å²) in [6.07, 6.45) is -1.36. The van der Waals surface area contributed by atoms with Gasteiger partial charge in [-0.1, -0.05) is 42.5 Å². The SMILES string of the molecule is COc1ccccc1C(=O)[C@](C)(O)[C@H](O)COCc1ccccc1. The number of hydrogen-bond donors (Lipinski definition) is 2.